The highest BCUT2D eigenvalue weighted by Crippen LogP contribution is 2.11. The summed E-state index contributed by atoms with van der Waals surface area (Å²) >= 11 is 0. The van der Waals surface area contributed by atoms with Crippen LogP contribution >= 0.6 is 0 Å². The summed E-state index contributed by atoms with van der Waals surface area (Å²) in [5.74, 6) is 5.49. The lowest BCUT2D eigenvalue weighted by molar-refractivity contribution is 0.102. The lowest BCUT2D eigenvalue weighted by atomic mass is 10.2. The van der Waals surface area contributed by atoms with Crippen LogP contribution in [0, 0.1) is 18.8 Å². The fourth-order valence-electron chi connectivity index (χ4n) is 1.70. The maximum Gasteiger partial charge on any atom is 0.274 e. The number of carbonyl (C=O) groups excluding carboxylic acids is 1. The summed E-state index contributed by atoms with van der Waals surface area (Å²) in [5.41, 5.74) is 8.16. The number of rotatable bonds is 2. The van der Waals surface area contributed by atoms with Gasteiger partial charge in [0.25, 0.3) is 5.91 Å². The maximum absolute atomic E-state index is 12.1. The molecule has 0 aliphatic heterocycles. The van der Waals surface area contributed by atoms with E-state index in [1.54, 1.807) is 24.4 Å². The summed E-state index contributed by atoms with van der Waals surface area (Å²) in [6, 6.07) is 10.9. The van der Waals surface area contributed by atoms with E-state index in [4.69, 9.17) is 5.73 Å². The first-order chi connectivity index (χ1) is 9.70. The Bertz CT molecular complexity index is 666. The Hall–Kier alpha value is -2.64. The molecule has 100 valence electrons. The minimum atomic E-state index is -0.219. The number of benzene rings is 1. The average Bonchev–Trinajstić information content (AvgIpc) is 2.47. The predicted octanol–water partition coefficient (Wildman–Crippen LogP) is 1.95. The highest BCUT2D eigenvalue weighted by Gasteiger charge is 2.09. The molecule has 1 aromatic carbocycles. The van der Waals surface area contributed by atoms with Crippen molar-refractivity contribution in [2.24, 2.45) is 5.73 Å². The van der Waals surface area contributed by atoms with Crippen molar-refractivity contribution >= 4 is 11.6 Å². The fraction of sp³-hybridized carbons (Fsp3) is 0.125. The van der Waals surface area contributed by atoms with Gasteiger partial charge in [0.1, 0.15) is 5.69 Å². The van der Waals surface area contributed by atoms with Crippen LogP contribution in [0.3, 0.4) is 0 Å². The largest absolute Gasteiger partial charge is 0.321 e. The number of aromatic nitrogens is 1. The van der Waals surface area contributed by atoms with E-state index in [1.165, 1.54) is 0 Å². The van der Waals surface area contributed by atoms with E-state index in [0.717, 1.165) is 11.1 Å². The van der Waals surface area contributed by atoms with Gasteiger partial charge in [0.15, 0.2) is 0 Å². The third-order valence-corrected chi connectivity index (χ3v) is 2.70. The third kappa shape index (κ3) is 3.44. The Morgan fingerprint density at radius 2 is 2.05 bits per heavy atom. The van der Waals surface area contributed by atoms with Gasteiger partial charge in [-0.3, -0.25) is 9.78 Å². The molecule has 4 heteroatoms. The summed E-state index contributed by atoms with van der Waals surface area (Å²) in [5, 5.41) is 2.81. The number of aryl methyl sites for hydroxylation is 1. The van der Waals surface area contributed by atoms with Crippen molar-refractivity contribution in [3.8, 4) is 11.8 Å². The number of hydrogen-bond donors (Lipinski definition) is 2. The molecule has 0 saturated heterocycles. The van der Waals surface area contributed by atoms with E-state index >= 15 is 0 Å². The number of amides is 1. The smallest absolute Gasteiger partial charge is 0.274 e. The molecule has 3 N–H and O–H groups in total. The molecule has 0 saturated carbocycles. The van der Waals surface area contributed by atoms with Crippen LogP contribution < -0.4 is 11.1 Å². The van der Waals surface area contributed by atoms with Crippen LogP contribution in [0.15, 0.2) is 42.6 Å². The Kier molecular flexibility index (Phi) is 4.48. The maximum atomic E-state index is 12.1. The molecule has 0 atom stereocenters. The quantitative estimate of drug-likeness (QED) is 0.815. The fourth-order valence-corrected chi connectivity index (χ4v) is 1.70. The second-order valence-corrected chi connectivity index (χ2v) is 4.21. The van der Waals surface area contributed by atoms with Gasteiger partial charge in [-0.05, 0) is 42.8 Å². The summed E-state index contributed by atoms with van der Waals surface area (Å²) in [4.78, 5) is 16.2. The third-order valence-electron chi connectivity index (χ3n) is 2.70. The number of nitrogens with zero attached hydrogens (tertiary/aromatic N) is 1. The zero-order chi connectivity index (χ0) is 14.4. The van der Waals surface area contributed by atoms with E-state index in [0.29, 0.717) is 17.9 Å². The van der Waals surface area contributed by atoms with Crippen LogP contribution in [0.2, 0.25) is 0 Å². The van der Waals surface area contributed by atoms with E-state index < -0.39 is 0 Å². The molecule has 4 nitrogen and oxygen atoms in total. The number of anilines is 1. The van der Waals surface area contributed by atoms with Gasteiger partial charge in [0.05, 0.1) is 6.54 Å². The first kappa shape index (κ1) is 13.8. The molecule has 2 aromatic rings. The zero-order valence-electron chi connectivity index (χ0n) is 11.2. The molecule has 0 radical (unpaired) electrons. The van der Waals surface area contributed by atoms with E-state index in [9.17, 15) is 4.79 Å². The Morgan fingerprint density at radius 3 is 2.70 bits per heavy atom. The molecule has 1 heterocycles. The molecule has 0 bridgehead atoms. The average molecular weight is 265 g/mol. The van der Waals surface area contributed by atoms with Gasteiger partial charge < -0.3 is 11.1 Å². The lowest BCUT2D eigenvalue weighted by Gasteiger charge is -2.06. The number of nitrogens with one attached hydrogen (secondary N) is 1. The molecule has 0 aliphatic rings. The van der Waals surface area contributed by atoms with Gasteiger partial charge in [0, 0.05) is 17.4 Å². The van der Waals surface area contributed by atoms with Crippen molar-refractivity contribution in [2.75, 3.05) is 11.9 Å². The first-order valence-electron chi connectivity index (χ1n) is 6.22. The lowest BCUT2D eigenvalue weighted by Crippen LogP contribution is -2.14. The van der Waals surface area contributed by atoms with Gasteiger partial charge in [-0.2, -0.15) is 0 Å². The van der Waals surface area contributed by atoms with Crippen LogP contribution in [0.25, 0.3) is 0 Å². The van der Waals surface area contributed by atoms with E-state index in [-0.39, 0.29) is 5.91 Å². The van der Waals surface area contributed by atoms with E-state index in [2.05, 4.69) is 22.1 Å². The number of pyridine rings is 1. The standard InChI is InChI=1S/C16H15N3O/c1-12-4-3-11-18-15(12)16(20)19-14-8-6-13(7-9-14)5-2-10-17/h3-4,6-9,11H,10,17H2,1H3,(H,19,20). The van der Waals surface area contributed by atoms with Gasteiger partial charge in [-0.25, -0.2) is 0 Å². The van der Waals surface area contributed by atoms with Crippen molar-refractivity contribution in [1.82, 2.24) is 4.98 Å². The topological polar surface area (TPSA) is 68.0 Å². The molecule has 0 spiro atoms. The SMILES string of the molecule is Cc1cccnc1C(=O)Nc1ccc(C#CCN)cc1. The highest BCUT2D eigenvalue weighted by atomic mass is 16.1. The molecule has 0 aliphatic carbocycles. The normalized spacial score (nSPS) is 9.50. The van der Waals surface area contributed by atoms with Gasteiger partial charge in [0.2, 0.25) is 0 Å². The van der Waals surface area contributed by atoms with Crippen molar-refractivity contribution in [2.45, 2.75) is 6.92 Å². The van der Waals surface area contributed by atoms with Gasteiger partial charge >= 0.3 is 0 Å². The minimum Gasteiger partial charge on any atom is -0.321 e. The summed E-state index contributed by atoms with van der Waals surface area (Å²) in [6.45, 7) is 2.19. The number of hydrogen-bond acceptors (Lipinski definition) is 3. The molecular weight excluding hydrogens is 250 g/mol. The zero-order valence-corrected chi connectivity index (χ0v) is 11.2. The molecule has 1 amide bonds. The highest BCUT2D eigenvalue weighted by molar-refractivity contribution is 6.03. The first-order valence-corrected chi connectivity index (χ1v) is 6.22. The van der Waals surface area contributed by atoms with Crippen molar-refractivity contribution in [3.63, 3.8) is 0 Å². The summed E-state index contributed by atoms with van der Waals surface area (Å²) < 4.78 is 0. The van der Waals surface area contributed by atoms with Crippen LogP contribution in [0.1, 0.15) is 21.6 Å². The van der Waals surface area contributed by atoms with Crippen LogP contribution in [0.5, 0.6) is 0 Å². The van der Waals surface area contributed by atoms with Crippen molar-refractivity contribution in [1.29, 1.82) is 0 Å². The monoisotopic (exact) mass is 265 g/mol. The number of carbonyl (C=O) groups is 1. The molecule has 0 fully saturated rings. The van der Waals surface area contributed by atoms with Crippen LogP contribution in [0.4, 0.5) is 5.69 Å². The Labute approximate surface area is 118 Å². The van der Waals surface area contributed by atoms with Crippen molar-refractivity contribution in [3.05, 3.63) is 59.4 Å². The molecular formula is C16H15N3O. The van der Waals surface area contributed by atoms with Crippen molar-refractivity contribution < 1.29 is 4.79 Å². The van der Waals surface area contributed by atoms with E-state index in [1.807, 2.05) is 25.1 Å². The Balaban J connectivity index is 2.11. The summed E-state index contributed by atoms with van der Waals surface area (Å²) in [6.07, 6.45) is 1.60. The summed E-state index contributed by atoms with van der Waals surface area (Å²) in [7, 11) is 0. The van der Waals surface area contributed by atoms with Gasteiger partial charge in [-0.15, -0.1) is 0 Å². The predicted molar refractivity (Wildman–Crippen MR) is 79.3 cm³/mol. The second-order valence-electron chi connectivity index (χ2n) is 4.21. The second kappa shape index (κ2) is 6.50. The molecule has 1 aromatic heterocycles. The van der Waals surface area contributed by atoms with Gasteiger partial charge in [-0.1, -0.05) is 17.9 Å². The molecule has 0 unspecified atom stereocenters. The minimum absolute atomic E-state index is 0.219. The van der Waals surface area contributed by atoms with Crippen LogP contribution in [-0.4, -0.2) is 17.4 Å². The molecule has 2 rings (SSSR count). The van der Waals surface area contributed by atoms with Crippen LogP contribution in [-0.2, 0) is 0 Å². The molecule has 20 heavy (non-hydrogen) atoms. The number of nitrogens with two attached hydrogens (primary N) is 1. The Morgan fingerprint density at radius 1 is 1.30 bits per heavy atom.